The minimum Gasteiger partial charge on any atom is -0.206 e. The van der Waals surface area contributed by atoms with Crippen LogP contribution in [-0.2, 0) is 6.42 Å². The van der Waals surface area contributed by atoms with Gasteiger partial charge in [-0.3, -0.25) is 0 Å². The summed E-state index contributed by atoms with van der Waals surface area (Å²) in [4.78, 5) is 0. The molecule has 0 aromatic heterocycles. The first kappa shape index (κ1) is 18.5. The predicted molar refractivity (Wildman–Crippen MR) is 102 cm³/mol. The van der Waals surface area contributed by atoms with Crippen molar-refractivity contribution in [3.63, 3.8) is 0 Å². The van der Waals surface area contributed by atoms with Crippen LogP contribution in [0.3, 0.4) is 0 Å². The molecule has 0 N–H and O–H groups in total. The van der Waals surface area contributed by atoms with Gasteiger partial charge >= 0.3 is 0 Å². The lowest BCUT2D eigenvalue weighted by Crippen LogP contribution is -1.91. The molecule has 0 nitrogen and oxygen atoms in total. The van der Waals surface area contributed by atoms with Gasteiger partial charge in [-0.15, -0.1) is 0 Å². The molecule has 0 radical (unpaired) electrons. The van der Waals surface area contributed by atoms with Gasteiger partial charge in [0.15, 0.2) is 11.6 Å². The van der Waals surface area contributed by atoms with Crippen LogP contribution in [-0.4, -0.2) is 0 Å². The fourth-order valence-corrected chi connectivity index (χ4v) is 3.29. The fourth-order valence-electron chi connectivity index (χ4n) is 3.29. The van der Waals surface area contributed by atoms with Gasteiger partial charge in [0, 0.05) is 5.56 Å². The Balaban J connectivity index is 1.78. The summed E-state index contributed by atoms with van der Waals surface area (Å²) in [5, 5.41) is 1.15. The zero-order valence-electron chi connectivity index (χ0n) is 15.0. The molecule has 3 heteroatoms. The molecule has 0 saturated heterocycles. The first-order valence-corrected chi connectivity index (χ1v) is 9.26. The second kappa shape index (κ2) is 8.39. The number of unbranched alkanes of at least 4 members (excludes halogenated alkanes) is 4. The summed E-state index contributed by atoms with van der Waals surface area (Å²) in [7, 11) is 0. The van der Waals surface area contributed by atoms with Crippen LogP contribution in [0.4, 0.5) is 13.2 Å². The molecule has 3 aromatic rings. The molecule has 0 aliphatic carbocycles. The Morgan fingerprint density at radius 2 is 1.38 bits per heavy atom. The van der Waals surface area contributed by atoms with E-state index in [1.165, 1.54) is 25.7 Å². The summed E-state index contributed by atoms with van der Waals surface area (Å²) in [6.07, 6.45) is 6.81. The quantitative estimate of drug-likeness (QED) is 0.386. The first-order chi connectivity index (χ1) is 12.6. The van der Waals surface area contributed by atoms with Crippen molar-refractivity contribution >= 4 is 10.8 Å². The molecule has 3 rings (SSSR count). The summed E-state index contributed by atoms with van der Waals surface area (Å²) in [6.45, 7) is 2.19. The Bertz CT molecular complexity index is 899. The molecule has 3 aromatic carbocycles. The normalized spacial score (nSPS) is 11.2. The van der Waals surface area contributed by atoms with Crippen molar-refractivity contribution in [2.24, 2.45) is 0 Å². The molecule has 26 heavy (non-hydrogen) atoms. The maximum absolute atomic E-state index is 14.6. The van der Waals surface area contributed by atoms with E-state index in [1.54, 1.807) is 30.3 Å². The van der Waals surface area contributed by atoms with Gasteiger partial charge in [0.25, 0.3) is 0 Å². The number of halogens is 3. The van der Waals surface area contributed by atoms with E-state index in [-0.39, 0.29) is 5.82 Å². The van der Waals surface area contributed by atoms with Gasteiger partial charge in [0.2, 0.25) is 0 Å². The maximum Gasteiger partial charge on any atom is 0.159 e. The summed E-state index contributed by atoms with van der Waals surface area (Å²) >= 11 is 0. The molecule has 0 spiro atoms. The first-order valence-electron chi connectivity index (χ1n) is 9.26. The molecular weight excluding hydrogens is 333 g/mol. The highest BCUT2D eigenvalue weighted by atomic mass is 19.2. The highest BCUT2D eigenvalue weighted by molar-refractivity contribution is 5.87. The molecule has 0 aliphatic heterocycles. The highest BCUT2D eigenvalue weighted by Crippen LogP contribution is 2.28. The summed E-state index contributed by atoms with van der Waals surface area (Å²) in [5.41, 5.74) is 2.14. The Hall–Kier alpha value is -2.29. The van der Waals surface area contributed by atoms with Crippen LogP contribution in [0.2, 0.25) is 0 Å². The SMILES string of the molecule is CCCCCCCc1ccc(-c2ccc3cc(F)c(F)cc3c2)c(F)c1. The fraction of sp³-hybridized carbons (Fsp3) is 0.304. The third-order valence-electron chi connectivity index (χ3n) is 4.79. The van der Waals surface area contributed by atoms with Gasteiger partial charge in [0.1, 0.15) is 5.82 Å². The monoisotopic (exact) mass is 356 g/mol. The Morgan fingerprint density at radius 3 is 2.12 bits per heavy atom. The molecule has 0 saturated carbocycles. The van der Waals surface area contributed by atoms with Gasteiger partial charge in [-0.25, -0.2) is 13.2 Å². The largest absolute Gasteiger partial charge is 0.206 e. The number of aryl methyl sites for hydroxylation is 1. The van der Waals surface area contributed by atoms with Crippen molar-refractivity contribution in [2.75, 3.05) is 0 Å². The molecule has 0 aliphatic rings. The van der Waals surface area contributed by atoms with Gasteiger partial charge in [-0.1, -0.05) is 56.9 Å². The van der Waals surface area contributed by atoms with Crippen LogP contribution < -0.4 is 0 Å². The van der Waals surface area contributed by atoms with Crippen LogP contribution in [0.5, 0.6) is 0 Å². The third-order valence-corrected chi connectivity index (χ3v) is 4.79. The van der Waals surface area contributed by atoms with Gasteiger partial charge in [0.05, 0.1) is 0 Å². The summed E-state index contributed by atoms with van der Waals surface area (Å²) < 4.78 is 41.4. The average molecular weight is 356 g/mol. The number of hydrogen-bond acceptors (Lipinski definition) is 0. The zero-order valence-corrected chi connectivity index (χ0v) is 15.0. The lowest BCUT2D eigenvalue weighted by Gasteiger charge is -2.08. The van der Waals surface area contributed by atoms with Crippen LogP contribution in [0.1, 0.15) is 44.6 Å². The lowest BCUT2D eigenvalue weighted by molar-refractivity contribution is 0.511. The molecule has 0 fully saturated rings. The number of rotatable bonds is 7. The van der Waals surface area contributed by atoms with E-state index in [9.17, 15) is 13.2 Å². The molecule has 0 bridgehead atoms. The maximum atomic E-state index is 14.6. The zero-order chi connectivity index (χ0) is 18.5. The number of fused-ring (bicyclic) bond motifs is 1. The van der Waals surface area contributed by atoms with E-state index in [2.05, 4.69) is 6.92 Å². The van der Waals surface area contributed by atoms with Gasteiger partial charge in [-0.05, 0) is 59.0 Å². The van der Waals surface area contributed by atoms with Crippen molar-refractivity contribution in [1.29, 1.82) is 0 Å². The molecule has 0 unspecified atom stereocenters. The Kier molecular flexibility index (Phi) is 5.97. The molecule has 0 atom stereocenters. The Labute approximate surface area is 152 Å². The van der Waals surface area contributed by atoms with E-state index in [4.69, 9.17) is 0 Å². The van der Waals surface area contributed by atoms with Crippen molar-refractivity contribution in [1.82, 2.24) is 0 Å². The topological polar surface area (TPSA) is 0 Å². The smallest absolute Gasteiger partial charge is 0.159 e. The van der Waals surface area contributed by atoms with E-state index >= 15 is 0 Å². The second-order valence-electron chi connectivity index (χ2n) is 6.81. The Morgan fingerprint density at radius 1 is 0.654 bits per heavy atom. The van der Waals surface area contributed by atoms with E-state index < -0.39 is 11.6 Å². The average Bonchev–Trinajstić information content (AvgIpc) is 2.62. The lowest BCUT2D eigenvalue weighted by atomic mass is 9.98. The van der Waals surface area contributed by atoms with Crippen molar-refractivity contribution in [3.8, 4) is 11.1 Å². The number of benzene rings is 3. The minimum atomic E-state index is -0.895. The molecule has 0 amide bonds. The molecule has 0 heterocycles. The van der Waals surface area contributed by atoms with Crippen LogP contribution in [0.25, 0.3) is 21.9 Å². The number of hydrogen-bond donors (Lipinski definition) is 0. The predicted octanol–water partition coefficient (Wildman–Crippen LogP) is 7.44. The minimum absolute atomic E-state index is 0.280. The van der Waals surface area contributed by atoms with Crippen LogP contribution >= 0.6 is 0 Å². The third kappa shape index (κ3) is 4.27. The molecule has 136 valence electrons. The van der Waals surface area contributed by atoms with Crippen molar-refractivity contribution in [3.05, 3.63) is 71.5 Å². The van der Waals surface area contributed by atoms with Gasteiger partial charge in [-0.2, -0.15) is 0 Å². The van der Waals surface area contributed by atoms with Crippen LogP contribution in [0.15, 0.2) is 48.5 Å². The summed E-state index contributed by atoms with van der Waals surface area (Å²) in [5.74, 6) is -2.05. The summed E-state index contributed by atoms with van der Waals surface area (Å²) in [6, 6.07) is 12.7. The second-order valence-corrected chi connectivity index (χ2v) is 6.81. The van der Waals surface area contributed by atoms with Crippen molar-refractivity contribution < 1.29 is 13.2 Å². The van der Waals surface area contributed by atoms with Gasteiger partial charge < -0.3 is 0 Å². The van der Waals surface area contributed by atoms with E-state index in [0.717, 1.165) is 30.5 Å². The highest BCUT2D eigenvalue weighted by Gasteiger charge is 2.09. The standard InChI is InChI=1S/C23H23F3/c1-2-3-4-5-6-7-16-8-11-20(21(24)12-16)18-10-9-17-14-22(25)23(26)15-19(17)13-18/h8-15H,2-7H2,1H3. The van der Waals surface area contributed by atoms with Crippen LogP contribution in [0, 0.1) is 17.5 Å². The van der Waals surface area contributed by atoms with Crippen molar-refractivity contribution in [2.45, 2.75) is 45.4 Å². The van der Waals surface area contributed by atoms with E-state index in [0.29, 0.717) is 21.9 Å². The molecular formula is C23H23F3. The van der Waals surface area contributed by atoms with E-state index in [1.807, 2.05) is 6.07 Å².